The number of aromatic nitrogens is 6. The molecule has 11 heavy (non-hydrogen) atoms. The Morgan fingerprint density at radius 3 is 2.55 bits per heavy atom. The first kappa shape index (κ1) is 5.90. The SMILES string of the molecule is c1ccc(-n2nnnn2)nc1. The van der Waals surface area contributed by atoms with Crippen LogP contribution >= 0.6 is 0 Å². The Kier molecular flexibility index (Phi) is 1.29. The van der Waals surface area contributed by atoms with Crippen molar-refractivity contribution in [3.63, 3.8) is 0 Å². The van der Waals surface area contributed by atoms with Crippen LogP contribution in [0.2, 0.25) is 0 Å². The number of pyridine rings is 1. The summed E-state index contributed by atoms with van der Waals surface area (Å²) < 4.78 is 0. The van der Waals surface area contributed by atoms with E-state index >= 15 is 0 Å². The highest BCUT2D eigenvalue weighted by Gasteiger charge is 1.96. The molecule has 0 spiro atoms. The molecule has 2 rings (SSSR count). The topological polar surface area (TPSA) is 69.4 Å². The van der Waals surface area contributed by atoms with Crippen LogP contribution in [-0.2, 0) is 0 Å². The van der Waals surface area contributed by atoms with Gasteiger partial charge in [-0.1, -0.05) is 10.9 Å². The summed E-state index contributed by atoms with van der Waals surface area (Å²) in [5.74, 6) is 0.609. The third-order valence-electron chi connectivity index (χ3n) is 1.14. The molecule has 0 aliphatic rings. The lowest BCUT2D eigenvalue weighted by atomic mass is 10.5. The molecule has 0 N–H and O–H groups in total. The lowest BCUT2D eigenvalue weighted by Crippen LogP contribution is -2.00. The highest BCUT2D eigenvalue weighted by molar-refractivity contribution is 5.16. The van der Waals surface area contributed by atoms with E-state index in [4.69, 9.17) is 0 Å². The van der Waals surface area contributed by atoms with Crippen molar-refractivity contribution in [1.82, 2.24) is 30.6 Å². The Labute approximate surface area is 61.8 Å². The van der Waals surface area contributed by atoms with E-state index in [0.29, 0.717) is 5.82 Å². The summed E-state index contributed by atoms with van der Waals surface area (Å²) in [5.41, 5.74) is 0. The van der Waals surface area contributed by atoms with Crippen molar-refractivity contribution in [2.75, 3.05) is 0 Å². The van der Waals surface area contributed by atoms with Gasteiger partial charge in [-0.2, -0.15) is 0 Å². The predicted octanol–water partition coefficient (Wildman–Crippen LogP) is -0.548. The Hall–Kier alpha value is -1.85. The maximum Gasteiger partial charge on any atom is 0.177 e. The highest BCUT2D eigenvalue weighted by atomic mass is 15.7. The Balaban J connectivity index is 2.46. The fourth-order valence-electron chi connectivity index (χ4n) is 0.693. The molecule has 0 aliphatic carbocycles. The van der Waals surface area contributed by atoms with E-state index in [0.717, 1.165) is 0 Å². The van der Waals surface area contributed by atoms with E-state index in [2.05, 4.69) is 25.8 Å². The number of rotatable bonds is 1. The maximum absolute atomic E-state index is 3.98. The van der Waals surface area contributed by atoms with Crippen molar-refractivity contribution in [2.45, 2.75) is 0 Å². The van der Waals surface area contributed by atoms with Gasteiger partial charge in [-0.3, -0.25) is 0 Å². The van der Waals surface area contributed by atoms with Crippen LogP contribution in [0.5, 0.6) is 0 Å². The summed E-state index contributed by atoms with van der Waals surface area (Å²) in [4.78, 5) is 5.23. The quantitative estimate of drug-likeness (QED) is 0.542. The Bertz CT molecular complexity index is 314. The van der Waals surface area contributed by atoms with E-state index in [1.807, 2.05) is 12.1 Å². The molecule has 0 saturated carbocycles. The van der Waals surface area contributed by atoms with Gasteiger partial charge in [0, 0.05) is 6.20 Å². The van der Waals surface area contributed by atoms with Crippen LogP contribution in [0.3, 0.4) is 0 Å². The number of nitrogens with zero attached hydrogens (tertiary/aromatic N) is 6. The molecule has 0 atom stereocenters. The van der Waals surface area contributed by atoms with Crippen molar-refractivity contribution < 1.29 is 0 Å². The lowest BCUT2D eigenvalue weighted by Gasteiger charge is -1.91. The summed E-state index contributed by atoms with van der Waals surface area (Å²) >= 11 is 0. The van der Waals surface area contributed by atoms with Crippen LogP contribution in [0.4, 0.5) is 0 Å². The number of hydrogen-bond donors (Lipinski definition) is 0. The molecule has 2 aromatic rings. The van der Waals surface area contributed by atoms with Gasteiger partial charge in [0.1, 0.15) is 0 Å². The summed E-state index contributed by atoms with van der Waals surface area (Å²) in [5, 5.41) is 13.8. The number of hydrogen-bond acceptors (Lipinski definition) is 5. The summed E-state index contributed by atoms with van der Waals surface area (Å²) in [6.07, 6.45) is 1.65. The van der Waals surface area contributed by atoms with Crippen molar-refractivity contribution >= 4 is 0 Å². The van der Waals surface area contributed by atoms with Gasteiger partial charge in [-0.05, 0) is 33.0 Å². The molecular formula is C5H4N6. The smallest absolute Gasteiger partial charge is 0.177 e. The minimum absolute atomic E-state index is 0.609. The zero-order valence-electron chi connectivity index (χ0n) is 5.49. The van der Waals surface area contributed by atoms with E-state index < -0.39 is 0 Å². The first-order chi connectivity index (χ1) is 5.47. The van der Waals surface area contributed by atoms with Crippen molar-refractivity contribution in [1.29, 1.82) is 0 Å². The van der Waals surface area contributed by atoms with Gasteiger partial charge in [0.25, 0.3) is 0 Å². The monoisotopic (exact) mass is 148 g/mol. The Morgan fingerprint density at radius 2 is 1.91 bits per heavy atom. The van der Waals surface area contributed by atoms with Crippen molar-refractivity contribution in [3.05, 3.63) is 24.4 Å². The van der Waals surface area contributed by atoms with Crippen molar-refractivity contribution in [3.8, 4) is 5.82 Å². The second-order valence-electron chi connectivity index (χ2n) is 1.84. The average Bonchev–Trinajstić information content (AvgIpc) is 2.58. The molecule has 2 heterocycles. The third-order valence-corrected chi connectivity index (χ3v) is 1.14. The summed E-state index contributed by atoms with van der Waals surface area (Å²) in [6.45, 7) is 0. The molecule has 2 aromatic heterocycles. The maximum atomic E-state index is 3.98. The molecule has 6 nitrogen and oxygen atoms in total. The molecule has 0 aromatic carbocycles. The molecule has 0 saturated heterocycles. The van der Waals surface area contributed by atoms with Crippen molar-refractivity contribution in [2.24, 2.45) is 0 Å². The first-order valence-corrected chi connectivity index (χ1v) is 2.99. The van der Waals surface area contributed by atoms with Gasteiger partial charge in [0.2, 0.25) is 0 Å². The van der Waals surface area contributed by atoms with Gasteiger partial charge >= 0.3 is 0 Å². The fourth-order valence-corrected chi connectivity index (χ4v) is 0.693. The largest absolute Gasteiger partial charge is 0.235 e. The Morgan fingerprint density at radius 1 is 1.09 bits per heavy atom. The summed E-state index contributed by atoms with van der Waals surface area (Å²) in [6, 6.07) is 5.42. The molecule has 0 amide bonds. The van der Waals surface area contributed by atoms with Crippen LogP contribution < -0.4 is 0 Å². The average molecular weight is 148 g/mol. The fraction of sp³-hybridized carbons (Fsp3) is 0. The highest BCUT2D eigenvalue weighted by Crippen LogP contribution is 1.94. The predicted molar refractivity (Wildman–Crippen MR) is 34.7 cm³/mol. The van der Waals surface area contributed by atoms with Gasteiger partial charge in [0.15, 0.2) is 5.82 Å². The van der Waals surface area contributed by atoms with Crippen LogP contribution in [0.25, 0.3) is 5.82 Å². The van der Waals surface area contributed by atoms with Gasteiger partial charge in [-0.15, -0.1) is 0 Å². The van der Waals surface area contributed by atoms with E-state index in [-0.39, 0.29) is 0 Å². The van der Waals surface area contributed by atoms with E-state index in [1.165, 1.54) is 4.80 Å². The van der Waals surface area contributed by atoms with Crippen LogP contribution in [0.1, 0.15) is 0 Å². The minimum atomic E-state index is 0.609. The van der Waals surface area contributed by atoms with Crippen LogP contribution in [0, 0.1) is 0 Å². The summed E-state index contributed by atoms with van der Waals surface area (Å²) in [7, 11) is 0. The minimum Gasteiger partial charge on any atom is -0.235 e. The molecule has 0 bridgehead atoms. The standard InChI is InChI=1S/C5H4N6/c1-2-4-6-5(3-1)11-9-7-8-10-11/h1-4H. The van der Waals surface area contributed by atoms with Gasteiger partial charge < -0.3 is 0 Å². The second kappa shape index (κ2) is 2.41. The van der Waals surface area contributed by atoms with E-state index in [9.17, 15) is 0 Å². The van der Waals surface area contributed by atoms with Gasteiger partial charge in [0.05, 0.1) is 0 Å². The molecule has 6 heteroatoms. The normalized spacial score (nSPS) is 9.82. The molecule has 0 radical (unpaired) electrons. The molecule has 0 aliphatic heterocycles. The lowest BCUT2D eigenvalue weighted by molar-refractivity contribution is 0.693. The van der Waals surface area contributed by atoms with Crippen LogP contribution in [-0.4, -0.2) is 30.6 Å². The second-order valence-corrected chi connectivity index (χ2v) is 1.84. The molecular weight excluding hydrogens is 144 g/mol. The van der Waals surface area contributed by atoms with Gasteiger partial charge in [-0.25, -0.2) is 4.98 Å². The molecule has 0 unspecified atom stereocenters. The van der Waals surface area contributed by atoms with Crippen LogP contribution in [0.15, 0.2) is 24.4 Å². The first-order valence-electron chi connectivity index (χ1n) is 2.99. The zero-order chi connectivity index (χ0) is 7.52. The van der Waals surface area contributed by atoms with E-state index in [1.54, 1.807) is 12.3 Å². The zero-order valence-corrected chi connectivity index (χ0v) is 5.49. The molecule has 0 fully saturated rings. The molecule has 54 valence electrons. The third kappa shape index (κ3) is 1.05.